The molecule has 3 rings (SSSR count). The number of nitrogens with zero attached hydrogens (tertiary/aromatic N) is 3. The van der Waals surface area contributed by atoms with E-state index in [4.69, 9.17) is 11.8 Å². The van der Waals surface area contributed by atoms with E-state index in [-0.39, 0.29) is 23.8 Å². The Morgan fingerprint density at radius 2 is 2.07 bits per heavy atom. The predicted molar refractivity (Wildman–Crippen MR) is 114 cm³/mol. The second-order valence-electron chi connectivity index (χ2n) is 6.73. The normalized spacial score (nSPS) is 12.8. The summed E-state index contributed by atoms with van der Waals surface area (Å²) in [5.74, 6) is -0.348. The minimum atomic E-state index is -3.57. The fourth-order valence-electron chi connectivity index (χ4n) is 3.24. The van der Waals surface area contributed by atoms with Crippen LogP contribution in [-0.2, 0) is 16.6 Å². The van der Waals surface area contributed by atoms with Crippen LogP contribution in [-0.4, -0.2) is 42.9 Å². The molecular weight excluding hydrogens is 415 g/mol. The molecule has 0 aliphatic carbocycles. The van der Waals surface area contributed by atoms with E-state index in [9.17, 15) is 12.8 Å². The number of hydrogen-bond donors (Lipinski definition) is 1. The van der Waals surface area contributed by atoms with Crippen LogP contribution in [0.4, 0.5) is 4.39 Å². The molecule has 9 heteroatoms. The SMILES string of the molecule is Cc1c(-c2cccc(S(=O)(=O)N(C)C)c2)c2cccnc2n1C/C(F)=C/CNCl. The molecule has 1 N–H and O–H groups in total. The lowest BCUT2D eigenvalue weighted by atomic mass is 10.0. The molecule has 1 aromatic carbocycles. The highest BCUT2D eigenvalue weighted by molar-refractivity contribution is 7.89. The van der Waals surface area contributed by atoms with Crippen molar-refractivity contribution in [2.75, 3.05) is 20.6 Å². The van der Waals surface area contributed by atoms with Gasteiger partial charge in [0, 0.05) is 43.5 Å². The van der Waals surface area contributed by atoms with Crippen LogP contribution < -0.4 is 4.84 Å². The Kier molecular flexibility index (Phi) is 6.38. The van der Waals surface area contributed by atoms with Gasteiger partial charge in [-0.1, -0.05) is 12.1 Å². The summed E-state index contributed by atoms with van der Waals surface area (Å²) < 4.78 is 42.4. The second kappa shape index (κ2) is 8.62. The number of allylic oxidation sites excluding steroid dienone is 1. The molecule has 0 aliphatic heterocycles. The molecule has 0 unspecified atom stereocenters. The number of aromatic nitrogens is 2. The molecule has 154 valence electrons. The lowest BCUT2D eigenvalue weighted by Gasteiger charge is -2.12. The van der Waals surface area contributed by atoms with Crippen molar-refractivity contribution in [1.29, 1.82) is 0 Å². The quantitative estimate of drug-likeness (QED) is 0.571. The molecule has 0 fully saturated rings. The highest BCUT2D eigenvalue weighted by atomic mass is 35.5. The third kappa shape index (κ3) is 4.20. The fraction of sp³-hybridized carbons (Fsp3) is 0.250. The zero-order valence-electron chi connectivity index (χ0n) is 16.4. The minimum absolute atomic E-state index is 0.00754. The van der Waals surface area contributed by atoms with Crippen molar-refractivity contribution in [2.45, 2.75) is 18.4 Å². The molecule has 0 atom stereocenters. The summed E-state index contributed by atoms with van der Waals surface area (Å²) in [6, 6.07) is 10.5. The third-order valence-electron chi connectivity index (χ3n) is 4.69. The summed E-state index contributed by atoms with van der Waals surface area (Å²) in [6.07, 6.45) is 3.02. The number of halogens is 2. The first-order valence-corrected chi connectivity index (χ1v) is 10.7. The lowest BCUT2D eigenvalue weighted by Crippen LogP contribution is -2.22. The fourth-order valence-corrected chi connectivity index (χ4v) is 4.27. The average molecular weight is 437 g/mol. The van der Waals surface area contributed by atoms with Gasteiger partial charge in [0.2, 0.25) is 10.0 Å². The molecule has 0 aliphatic rings. The smallest absolute Gasteiger partial charge is 0.242 e. The van der Waals surface area contributed by atoms with Crippen molar-refractivity contribution in [3.63, 3.8) is 0 Å². The van der Waals surface area contributed by atoms with Crippen LogP contribution in [0.15, 0.2) is 59.4 Å². The molecule has 6 nitrogen and oxygen atoms in total. The number of fused-ring (bicyclic) bond motifs is 1. The van der Waals surface area contributed by atoms with Gasteiger partial charge in [0.25, 0.3) is 0 Å². The van der Waals surface area contributed by atoms with Crippen LogP contribution in [0.2, 0.25) is 0 Å². The Balaban J connectivity index is 2.18. The molecular formula is C20H22ClFN4O2S. The molecule has 0 amide bonds. The zero-order chi connectivity index (χ0) is 21.2. The van der Waals surface area contributed by atoms with Crippen molar-refractivity contribution in [3.05, 3.63) is 60.2 Å². The van der Waals surface area contributed by atoms with Crippen LogP contribution in [0.3, 0.4) is 0 Å². The van der Waals surface area contributed by atoms with Gasteiger partial charge >= 0.3 is 0 Å². The molecule has 0 saturated heterocycles. The van der Waals surface area contributed by atoms with Crippen molar-refractivity contribution < 1.29 is 12.8 Å². The maximum absolute atomic E-state index is 14.3. The van der Waals surface area contributed by atoms with Gasteiger partial charge in [-0.05, 0) is 54.6 Å². The van der Waals surface area contributed by atoms with Crippen LogP contribution in [0.25, 0.3) is 22.2 Å². The largest absolute Gasteiger partial charge is 0.323 e. The van der Waals surface area contributed by atoms with Gasteiger partial charge in [-0.15, -0.1) is 0 Å². The number of hydrogen-bond acceptors (Lipinski definition) is 4. The monoisotopic (exact) mass is 436 g/mol. The summed E-state index contributed by atoms with van der Waals surface area (Å²) in [6.45, 7) is 2.08. The predicted octanol–water partition coefficient (Wildman–Crippen LogP) is 3.86. The van der Waals surface area contributed by atoms with Gasteiger partial charge < -0.3 is 4.57 Å². The van der Waals surface area contributed by atoms with Crippen LogP contribution >= 0.6 is 11.8 Å². The Morgan fingerprint density at radius 1 is 1.31 bits per heavy atom. The number of rotatable bonds is 7. The standard InChI is InChI=1S/C20H22ClFN4O2S/c1-14-19(15-6-4-7-17(12-15)29(27,28)25(2)3)18-8-5-10-23-20(18)26(14)13-16(22)9-11-24-21/h4-10,12,24H,11,13H2,1-3H3/b16-9-. The van der Waals surface area contributed by atoms with E-state index >= 15 is 0 Å². The van der Waals surface area contributed by atoms with Crippen LogP contribution in [0.1, 0.15) is 5.69 Å². The van der Waals surface area contributed by atoms with Gasteiger partial charge in [0.15, 0.2) is 0 Å². The number of nitrogens with one attached hydrogen (secondary N) is 1. The van der Waals surface area contributed by atoms with E-state index in [1.165, 1.54) is 24.5 Å². The van der Waals surface area contributed by atoms with E-state index in [1.54, 1.807) is 35.0 Å². The Bertz CT molecular complexity index is 1170. The Labute approximate surface area is 174 Å². The van der Waals surface area contributed by atoms with E-state index in [0.717, 1.165) is 22.2 Å². The van der Waals surface area contributed by atoms with Crippen LogP contribution in [0, 0.1) is 6.92 Å². The van der Waals surface area contributed by atoms with Gasteiger partial charge in [-0.3, -0.25) is 0 Å². The first-order chi connectivity index (χ1) is 13.8. The zero-order valence-corrected chi connectivity index (χ0v) is 17.9. The summed E-state index contributed by atoms with van der Waals surface area (Å²) in [7, 11) is -0.586. The van der Waals surface area contributed by atoms with E-state index < -0.39 is 10.0 Å². The van der Waals surface area contributed by atoms with Gasteiger partial charge in [0.05, 0.1) is 11.4 Å². The van der Waals surface area contributed by atoms with Crippen molar-refractivity contribution in [1.82, 2.24) is 18.7 Å². The first kappa shape index (κ1) is 21.4. The summed E-state index contributed by atoms with van der Waals surface area (Å²) in [4.78, 5) is 6.99. The molecule has 29 heavy (non-hydrogen) atoms. The first-order valence-electron chi connectivity index (χ1n) is 8.92. The van der Waals surface area contributed by atoms with Crippen LogP contribution in [0.5, 0.6) is 0 Å². The van der Waals surface area contributed by atoms with E-state index in [2.05, 4.69) is 9.82 Å². The number of sulfonamides is 1. The second-order valence-corrected chi connectivity index (χ2v) is 9.14. The highest BCUT2D eigenvalue weighted by Crippen LogP contribution is 2.35. The molecule has 3 aromatic rings. The summed E-state index contributed by atoms with van der Waals surface area (Å²) in [5, 5.41) is 0.827. The Hall–Kier alpha value is -2.26. The van der Waals surface area contributed by atoms with Gasteiger partial charge in [-0.25, -0.2) is 26.9 Å². The minimum Gasteiger partial charge on any atom is -0.323 e. The van der Waals surface area contributed by atoms with E-state index in [0.29, 0.717) is 5.65 Å². The van der Waals surface area contributed by atoms with E-state index in [1.807, 2.05) is 19.1 Å². The molecule has 0 spiro atoms. The number of pyridine rings is 1. The summed E-state index contributed by atoms with van der Waals surface area (Å²) >= 11 is 5.40. The third-order valence-corrected chi connectivity index (χ3v) is 6.65. The van der Waals surface area contributed by atoms with Crippen molar-refractivity contribution >= 4 is 32.8 Å². The van der Waals surface area contributed by atoms with Crippen molar-refractivity contribution in [3.8, 4) is 11.1 Å². The van der Waals surface area contributed by atoms with Gasteiger partial charge in [-0.2, -0.15) is 0 Å². The topological polar surface area (TPSA) is 67.2 Å². The molecule has 2 heterocycles. The highest BCUT2D eigenvalue weighted by Gasteiger charge is 2.21. The lowest BCUT2D eigenvalue weighted by molar-refractivity contribution is 0.521. The van der Waals surface area contributed by atoms with Gasteiger partial charge in [0.1, 0.15) is 11.5 Å². The molecule has 0 bridgehead atoms. The molecule has 0 radical (unpaired) electrons. The molecule has 0 saturated carbocycles. The molecule has 2 aromatic heterocycles. The maximum Gasteiger partial charge on any atom is 0.242 e. The Morgan fingerprint density at radius 3 is 2.76 bits per heavy atom. The van der Waals surface area contributed by atoms with Crippen molar-refractivity contribution in [2.24, 2.45) is 0 Å². The summed E-state index contributed by atoms with van der Waals surface area (Å²) in [5.41, 5.74) is 2.98. The maximum atomic E-state index is 14.3. The average Bonchev–Trinajstić information content (AvgIpc) is 2.98. The number of benzene rings is 1.